The topological polar surface area (TPSA) is 71.2 Å². The Balaban J connectivity index is 1.97. The third-order valence-electron chi connectivity index (χ3n) is 3.34. The summed E-state index contributed by atoms with van der Waals surface area (Å²) in [5.74, 6) is -0.0812. The summed E-state index contributed by atoms with van der Waals surface area (Å²) in [6, 6.07) is 6.97. The number of nitrogens with two attached hydrogens (primary N) is 1. The Labute approximate surface area is 128 Å². The van der Waals surface area contributed by atoms with Crippen LogP contribution in [0.15, 0.2) is 29.6 Å². The normalized spacial score (nSPS) is 12.4. The van der Waals surface area contributed by atoms with Gasteiger partial charge in [-0.1, -0.05) is 12.1 Å². The predicted molar refractivity (Wildman–Crippen MR) is 87.3 cm³/mol. The molecule has 0 aliphatic heterocycles. The molecule has 6 heteroatoms. The number of benzene rings is 1. The number of aryl methyl sites for hydroxylation is 1. The molecule has 0 saturated heterocycles. The molecule has 0 aliphatic rings. The monoisotopic (exact) mass is 304 g/mol. The SMILES string of the molecule is Cc1nc(CN(C)C(C)C(=O)Nc2ccccc2N)cs1. The first-order valence-electron chi connectivity index (χ1n) is 6.74. The fourth-order valence-corrected chi connectivity index (χ4v) is 2.53. The van der Waals surface area contributed by atoms with Crippen LogP contribution in [0.3, 0.4) is 0 Å². The molecule has 0 saturated carbocycles. The lowest BCUT2D eigenvalue weighted by molar-refractivity contribution is -0.120. The van der Waals surface area contributed by atoms with Crippen molar-refractivity contribution in [2.75, 3.05) is 18.1 Å². The second kappa shape index (κ2) is 6.69. The molecule has 1 unspecified atom stereocenters. The van der Waals surface area contributed by atoms with E-state index in [2.05, 4.69) is 10.3 Å². The molecule has 0 aliphatic carbocycles. The van der Waals surface area contributed by atoms with Gasteiger partial charge in [0.15, 0.2) is 0 Å². The average molecular weight is 304 g/mol. The number of carbonyl (C=O) groups excluding carboxylic acids is 1. The molecule has 112 valence electrons. The molecule has 0 radical (unpaired) electrons. The van der Waals surface area contributed by atoms with Gasteiger partial charge in [-0.2, -0.15) is 0 Å². The van der Waals surface area contributed by atoms with Crippen molar-refractivity contribution in [2.24, 2.45) is 0 Å². The van der Waals surface area contributed by atoms with Gasteiger partial charge in [-0.05, 0) is 33.0 Å². The van der Waals surface area contributed by atoms with Gasteiger partial charge in [0.2, 0.25) is 5.91 Å². The van der Waals surface area contributed by atoms with Crippen LogP contribution in [0.25, 0.3) is 0 Å². The van der Waals surface area contributed by atoms with Crippen LogP contribution in [0, 0.1) is 6.92 Å². The van der Waals surface area contributed by atoms with Gasteiger partial charge in [-0.15, -0.1) is 11.3 Å². The van der Waals surface area contributed by atoms with E-state index in [9.17, 15) is 4.79 Å². The van der Waals surface area contributed by atoms with Crippen LogP contribution in [0.4, 0.5) is 11.4 Å². The summed E-state index contributed by atoms with van der Waals surface area (Å²) in [6.45, 7) is 4.49. The molecule has 0 fully saturated rings. The maximum atomic E-state index is 12.3. The number of hydrogen-bond acceptors (Lipinski definition) is 5. The Kier molecular flexibility index (Phi) is 4.93. The highest BCUT2D eigenvalue weighted by molar-refractivity contribution is 7.09. The number of aromatic nitrogens is 1. The molecule has 5 nitrogen and oxygen atoms in total. The highest BCUT2D eigenvalue weighted by atomic mass is 32.1. The number of para-hydroxylation sites is 2. The molecule has 3 N–H and O–H groups in total. The zero-order valence-corrected chi connectivity index (χ0v) is 13.3. The maximum absolute atomic E-state index is 12.3. The summed E-state index contributed by atoms with van der Waals surface area (Å²) < 4.78 is 0. The number of hydrogen-bond donors (Lipinski definition) is 2. The van der Waals surface area contributed by atoms with Gasteiger partial charge in [0.05, 0.1) is 28.1 Å². The lowest BCUT2D eigenvalue weighted by atomic mass is 10.2. The van der Waals surface area contributed by atoms with E-state index in [0.717, 1.165) is 10.7 Å². The molecule has 1 aromatic heterocycles. The number of anilines is 2. The first-order chi connectivity index (χ1) is 9.97. The largest absolute Gasteiger partial charge is 0.397 e. The lowest BCUT2D eigenvalue weighted by Crippen LogP contribution is -2.39. The number of likely N-dealkylation sites (N-methyl/N-ethyl adjacent to an activating group) is 1. The minimum Gasteiger partial charge on any atom is -0.397 e. The Bertz CT molecular complexity index is 626. The molecule has 21 heavy (non-hydrogen) atoms. The van der Waals surface area contributed by atoms with E-state index in [1.807, 2.05) is 43.3 Å². The molecule has 2 rings (SSSR count). The van der Waals surface area contributed by atoms with Crippen LogP contribution >= 0.6 is 11.3 Å². The highest BCUT2D eigenvalue weighted by Gasteiger charge is 2.19. The van der Waals surface area contributed by atoms with E-state index < -0.39 is 0 Å². The molecule has 1 amide bonds. The van der Waals surface area contributed by atoms with Gasteiger partial charge >= 0.3 is 0 Å². The zero-order valence-electron chi connectivity index (χ0n) is 12.5. The maximum Gasteiger partial charge on any atom is 0.241 e. The van der Waals surface area contributed by atoms with Crippen molar-refractivity contribution in [3.8, 4) is 0 Å². The quantitative estimate of drug-likeness (QED) is 0.833. The van der Waals surface area contributed by atoms with Crippen molar-refractivity contribution in [1.82, 2.24) is 9.88 Å². The van der Waals surface area contributed by atoms with Crippen LogP contribution in [0.2, 0.25) is 0 Å². The van der Waals surface area contributed by atoms with Crippen LogP contribution < -0.4 is 11.1 Å². The number of nitrogens with one attached hydrogen (secondary N) is 1. The highest BCUT2D eigenvalue weighted by Crippen LogP contribution is 2.18. The van der Waals surface area contributed by atoms with E-state index in [1.54, 1.807) is 23.5 Å². The number of amides is 1. The summed E-state index contributed by atoms with van der Waals surface area (Å²) in [5.41, 5.74) is 8.03. The summed E-state index contributed by atoms with van der Waals surface area (Å²) in [7, 11) is 1.91. The van der Waals surface area contributed by atoms with Crippen molar-refractivity contribution < 1.29 is 4.79 Å². The number of rotatable bonds is 5. The first kappa shape index (κ1) is 15.5. The van der Waals surface area contributed by atoms with Crippen LogP contribution in [-0.2, 0) is 11.3 Å². The lowest BCUT2D eigenvalue weighted by Gasteiger charge is -2.23. The smallest absolute Gasteiger partial charge is 0.241 e. The van der Waals surface area contributed by atoms with Gasteiger partial charge in [-0.25, -0.2) is 4.98 Å². The molecular formula is C15H20N4OS. The van der Waals surface area contributed by atoms with Gasteiger partial charge in [0.1, 0.15) is 0 Å². The van der Waals surface area contributed by atoms with Gasteiger partial charge in [0, 0.05) is 11.9 Å². The first-order valence-corrected chi connectivity index (χ1v) is 7.62. The molecule has 1 aromatic carbocycles. The Morgan fingerprint density at radius 3 is 2.81 bits per heavy atom. The van der Waals surface area contributed by atoms with E-state index in [-0.39, 0.29) is 11.9 Å². The van der Waals surface area contributed by atoms with Gasteiger partial charge in [-0.3, -0.25) is 9.69 Å². The van der Waals surface area contributed by atoms with E-state index >= 15 is 0 Å². The molecular weight excluding hydrogens is 284 g/mol. The van der Waals surface area contributed by atoms with Crippen molar-refractivity contribution in [3.63, 3.8) is 0 Å². The van der Waals surface area contributed by atoms with Crippen molar-refractivity contribution in [1.29, 1.82) is 0 Å². The fraction of sp³-hybridized carbons (Fsp3) is 0.333. The minimum absolute atomic E-state index is 0.0812. The summed E-state index contributed by atoms with van der Waals surface area (Å²) in [4.78, 5) is 18.7. The average Bonchev–Trinajstić information content (AvgIpc) is 2.85. The predicted octanol–water partition coefficient (Wildman–Crippen LogP) is 2.49. The Morgan fingerprint density at radius 2 is 2.19 bits per heavy atom. The fourth-order valence-electron chi connectivity index (χ4n) is 1.92. The standard InChI is InChI=1S/C15H20N4OS/c1-10(19(3)8-12-9-21-11(2)17-12)15(20)18-14-7-5-4-6-13(14)16/h4-7,9-10H,8,16H2,1-3H3,(H,18,20). The molecule has 1 atom stereocenters. The molecule has 1 heterocycles. The van der Waals surface area contributed by atoms with Gasteiger partial charge in [0.25, 0.3) is 0 Å². The molecule has 0 bridgehead atoms. The molecule has 0 spiro atoms. The van der Waals surface area contributed by atoms with E-state index in [0.29, 0.717) is 17.9 Å². The second-order valence-electron chi connectivity index (χ2n) is 5.03. The number of thiazole rings is 1. The van der Waals surface area contributed by atoms with Crippen molar-refractivity contribution in [2.45, 2.75) is 26.4 Å². The number of nitrogen functional groups attached to an aromatic ring is 1. The zero-order chi connectivity index (χ0) is 15.4. The summed E-state index contributed by atoms with van der Waals surface area (Å²) in [6.07, 6.45) is 0. The van der Waals surface area contributed by atoms with Crippen LogP contribution in [-0.4, -0.2) is 28.9 Å². The van der Waals surface area contributed by atoms with Crippen LogP contribution in [0.1, 0.15) is 17.6 Å². The van der Waals surface area contributed by atoms with Crippen molar-refractivity contribution in [3.05, 3.63) is 40.3 Å². The number of carbonyl (C=O) groups is 1. The Morgan fingerprint density at radius 1 is 1.48 bits per heavy atom. The van der Waals surface area contributed by atoms with Gasteiger partial charge < -0.3 is 11.1 Å². The summed E-state index contributed by atoms with van der Waals surface area (Å²) in [5, 5.41) is 5.91. The Hall–Kier alpha value is -1.92. The second-order valence-corrected chi connectivity index (χ2v) is 6.09. The van der Waals surface area contributed by atoms with Crippen LogP contribution in [0.5, 0.6) is 0 Å². The third kappa shape index (κ3) is 4.03. The minimum atomic E-state index is -0.272. The molecule has 2 aromatic rings. The summed E-state index contributed by atoms with van der Waals surface area (Å²) >= 11 is 1.62. The third-order valence-corrected chi connectivity index (χ3v) is 4.16. The van der Waals surface area contributed by atoms with Crippen molar-refractivity contribution >= 4 is 28.6 Å². The number of nitrogens with zero attached hydrogens (tertiary/aromatic N) is 2. The van der Waals surface area contributed by atoms with E-state index in [1.165, 1.54) is 0 Å². The van der Waals surface area contributed by atoms with E-state index in [4.69, 9.17) is 5.73 Å².